The van der Waals surface area contributed by atoms with Gasteiger partial charge in [0.1, 0.15) is 0 Å². The summed E-state index contributed by atoms with van der Waals surface area (Å²) in [6, 6.07) is 0. The van der Waals surface area contributed by atoms with E-state index in [0.29, 0.717) is 30.4 Å². The highest BCUT2D eigenvalue weighted by Crippen LogP contribution is 2.64. The van der Waals surface area contributed by atoms with Crippen molar-refractivity contribution in [3.05, 3.63) is 34.6 Å². The molecule has 4 aliphatic rings. The molecule has 2 saturated carbocycles. The Morgan fingerprint density at radius 3 is 2.85 bits per heavy atom. The van der Waals surface area contributed by atoms with Gasteiger partial charge in [-0.05, 0) is 67.4 Å². The van der Waals surface area contributed by atoms with Gasteiger partial charge in [-0.25, -0.2) is 0 Å². The van der Waals surface area contributed by atoms with Crippen LogP contribution in [0.2, 0.25) is 0 Å². The van der Waals surface area contributed by atoms with Gasteiger partial charge < -0.3 is 10.4 Å². The number of hydrogen-bond donors (Lipinski definition) is 2. The topological polar surface area (TPSA) is 66.4 Å². The van der Waals surface area contributed by atoms with E-state index in [-0.39, 0.29) is 23.2 Å². The molecular weight excluding hydrogens is 326 g/mol. The lowest BCUT2D eigenvalue weighted by Gasteiger charge is -2.52. The number of carbonyl (C=O) groups is 2. The fourth-order valence-corrected chi connectivity index (χ4v) is 6.47. The van der Waals surface area contributed by atoms with Gasteiger partial charge in [0.25, 0.3) is 0 Å². The molecule has 2 fully saturated rings. The molecule has 4 atom stereocenters. The molecule has 0 spiro atoms. The van der Waals surface area contributed by atoms with Crippen molar-refractivity contribution in [1.82, 2.24) is 5.32 Å². The van der Waals surface area contributed by atoms with E-state index < -0.39 is 0 Å². The first-order chi connectivity index (χ1) is 12.4. The number of nitrogens with one attached hydrogen (secondary N) is 1. The molecular formula is C22H29NO3. The quantitative estimate of drug-likeness (QED) is 0.602. The molecule has 0 aromatic carbocycles. The van der Waals surface area contributed by atoms with Gasteiger partial charge in [-0.2, -0.15) is 0 Å². The standard InChI is InChI=1S/C22H29NO3/c1-21-9-7-15(26)11-14(21)3-4-16-17-5-6-19(20(12-24)23-13-25)22(17,2)10-8-18(16)21/h8,11,13,16-17,24H,3-7,9-10,12H2,1-2H3,(H,23,25)/t16-,17-,21-,22-/m0/s1. The maximum atomic E-state index is 11.9. The van der Waals surface area contributed by atoms with Crippen molar-refractivity contribution in [3.63, 3.8) is 0 Å². The van der Waals surface area contributed by atoms with E-state index in [1.165, 1.54) is 11.1 Å². The van der Waals surface area contributed by atoms with Crippen LogP contribution in [0.25, 0.3) is 0 Å². The molecule has 26 heavy (non-hydrogen) atoms. The number of ketones is 1. The van der Waals surface area contributed by atoms with Gasteiger partial charge >= 0.3 is 0 Å². The third-order valence-electron chi connectivity index (χ3n) is 7.88. The summed E-state index contributed by atoms with van der Waals surface area (Å²) in [5.74, 6) is 1.40. The lowest BCUT2D eigenvalue weighted by Crippen LogP contribution is -2.43. The molecule has 0 aromatic heterocycles. The van der Waals surface area contributed by atoms with E-state index in [1.54, 1.807) is 5.57 Å². The molecule has 4 heteroatoms. The normalized spacial score (nSPS) is 40.7. The summed E-state index contributed by atoms with van der Waals surface area (Å²) in [5, 5.41) is 12.5. The summed E-state index contributed by atoms with van der Waals surface area (Å²) in [7, 11) is 0. The van der Waals surface area contributed by atoms with Crippen LogP contribution in [0.3, 0.4) is 0 Å². The minimum atomic E-state index is -0.107. The Kier molecular flexibility index (Phi) is 4.22. The van der Waals surface area contributed by atoms with Crippen molar-refractivity contribution in [3.8, 4) is 0 Å². The second-order valence-electron chi connectivity index (χ2n) is 8.92. The first-order valence-electron chi connectivity index (χ1n) is 9.92. The molecule has 1 amide bonds. The molecule has 140 valence electrons. The molecule has 0 aliphatic heterocycles. The van der Waals surface area contributed by atoms with Gasteiger partial charge in [-0.3, -0.25) is 9.59 Å². The first kappa shape index (κ1) is 17.7. The number of amides is 1. The van der Waals surface area contributed by atoms with Crippen LogP contribution in [0.5, 0.6) is 0 Å². The summed E-state index contributed by atoms with van der Waals surface area (Å²) < 4.78 is 0. The fraction of sp³-hybridized carbons (Fsp3) is 0.636. The highest BCUT2D eigenvalue weighted by Gasteiger charge is 2.54. The number of aliphatic hydroxyl groups is 1. The summed E-state index contributed by atoms with van der Waals surface area (Å²) >= 11 is 0. The molecule has 0 bridgehead atoms. The maximum absolute atomic E-state index is 11.9. The zero-order chi connectivity index (χ0) is 18.5. The van der Waals surface area contributed by atoms with Crippen molar-refractivity contribution in [2.75, 3.05) is 6.61 Å². The van der Waals surface area contributed by atoms with E-state index >= 15 is 0 Å². The third kappa shape index (κ3) is 2.38. The van der Waals surface area contributed by atoms with Crippen LogP contribution in [-0.4, -0.2) is 23.9 Å². The highest BCUT2D eigenvalue weighted by molar-refractivity contribution is 5.92. The monoisotopic (exact) mass is 355 g/mol. The van der Waals surface area contributed by atoms with Gasteiger partial charge in [0.05, 0.1) is 6.61 Å². The number of hydrogen-bond acceptors (Lipinski definition) is 3. The molecule has 0 heterocycles. The number of allylic oxidation sites excluding steroid dienone is 5. The molecule has 4 nitrogen and oxygen atoms in total. The first-order valence-corrected chi connectivity index (χ1v) is 9.92. The zero-order valence-electron chi connectivity index (χ0n) is 15.8. The van der Waals surface area contributed by atoms with Crippen molar-refractivity contribution >= 4 is 12.2 Å². The highest BCUT2D eigenvalue weighted by atomic mass is 16.3. The zero-order valence-corrected chi connectivity index (χ0v) is 15.8. The summed E-state index contributed by atoms with van der Waals surface area (Å²) in [6.07, 6.45) is 11.8. The molecule has 2 N–H and O–H groups in total. The number of fused-ring (bicyclic) bond motifs is 5. The lowest BCUT2D eigenvalue weighted by molar-refractivity contribution is -0.115. The van der Waals surface area contributed by atoms with Crippen LogP contribution in [0.15, 0.2) is 34.6 Å². The SMILES string of the molecule is C[C@]12CCC(=O)C=C1CC[C@@H]1C2=CC[C@]2(C)C(=C(CO)NC=O)CC[C@@H]12. The number of aliphatic hydroxyl groups excluding tert-OH is 1. The minimum absolute atomic E-state index is 0.0182. The third-order valence-corrected chi connectivity index (χ3v) is 7.88. The Labute approximate surface area is 155 Å². The minimum Gasteiger partial charge on any atom is -0.390 e. The molecule has 0 unspecified atom stereocenters. The van der Waals surface area contributed by atoms with Crippen LogP contribution in [-0.2, 0) is 9.59 Å². The molecule has 0 saturated heterocycles. The van der Waals surface area contributed by atoms with E-state index in [0.717, 1.165) is 38.5 Å². The average molecular weight is 355 g/mol. The Morgan fingerprint density at radius 1 is 1.31 bits per heavy atom. The lowest BCUT2D eigenvalue weighted by atomic mass is 9.51. The summed E-state index contributed by atoms with van der Waals surface area (Å²) in [5.41, 5.74) is 4.91. The van der Waals surface area contributed by atoms with Gasteiger partial charge in [0.15, 0.2) is 5.78 Å². The molecule has 4 rings (SSSR count). The second-order valence-corrected chi connectivity index (χ2v) is 8.92. The smallest absolute Gasteiger partial charge is 0.211 e. The van der Waals surface area contributed by atoms with Crippen molar-refractivity contribution < 1.29 is 14.7 Å². The van der Waals surface area contributed by atoms with Crippen LogP contribution in [0.4, 0.5) is 0 Å². The largest absolute Gasteiger partial charge is 0.390 e. The average Bonchev–Trinajstić information content (AvgIpc) is 2.97. The van der Waals surface area contributed by atoms with Gasteiger partial charge in [0.2, 0.25) is 6.41 Å². The van der Waals surface area contributed by atoms with Gasteiger partial charge in [-0.15, -0.1) is 0 Å². The maximum Gasteiger partial charge on any atom is 0.211 e. The number of carbonyl (C=O) groups excluding carboxylic acids is 2. The van der Waals surface area contributed by atoms with E-state index in [9.17, 15) is 14.7 Å². The van der Waals surface area contributed by atoms with Gasteiger partial charge in [0, 0.05) is 17.5 Å². The number of rotatable bonds is 3. The fourth-order valence-electron chi connectivity index (χ4n) is 6.47. The van der Waals surface area contributed by atoms with E-state index in [4.69, 9.17) is 0 Å². The second kappa shape index (κ2) is 6.19. The van der Waals surface area contributed by atoms with Crippen molar-refractivity contribution in [2.45, 2.75) is 58.8 Å². The van der Waals surface area contributed by atoms with Crippen molar-refractivity contribution in [2.24, 2.45) is 22.7 Å². The summed E-state index contributed by atoms with van der Waals surface area (Å²) in [6.45, 7) is 4.54. The Bertz CT molecular complexity index is 746. The van der Waals surface area contributed by atoms with Crippen LogP contribution in [0, 0.1) is 22.7 Å². The Morgan fingerprint density at radius 2 is 2.12 bits per heavy atom. The Hall–Kier alpha value is -1.68. The van der Waals surface area contributed by atoms with Gasteiger partial charge in [-0.1, -0.05) is 31.1 Å². The predicted molar refractivity (Wildman–Crippen MR) is 100.0 cm³/mol. The Balaban J connectivity index is 1.74. The summed E-state index contributed by atoms with van der Waals surface area (Å²) in [4.78, 5) is 22.9. The van der Waals surface area contributed by atoms with Crippen LogP contribution in [0.1, 0.15) is 58.8 Å². The van der Waals surface area contributed by atoms with Crippen molar-refractivity contribution in [1.29, 1.82) is 0 Å². The van der Waals surface area contributed by atoms with E-state index in [1.807, 2.05) is 6.08 Å². The van der Waals surface area contributed by atoms with Crippen LogP contribution >= 0.6 is 0 Å². The molecule has 0 aromatic rings. The van der Waals surface area contributed by atoms with Crippen LogP contribution < -0.4 is 5.32 Å². The molecule has 4 aliphatic carbocycles. The molecule has 0 radical (unpaired) electrons. The van der Waals surface area contributed by atoms with E-state index in [2.05, 4.69) is 25.2 Å². The predicted octanol–water partition coefficient (Wildman–Crippen LogP) is 3.43.